The van der Waals surface area contributed by atoms with Gasteiger partial charge in [-0.1, -0.05) is 146 Å². The van der Waals surface area contributed by atoms with Gasteiger partial charge in [-0.15, -0.1) is 0 Å². The minimum atomic E-state index is 0.231. The summed E-state index contributed by atoms with van der Waals surface area (Å²) in [7, 11) is 2.10. The molecule has 1 heterocycles. The van der Waals surface area contributed by atoms with Gasteiger partial charge in [-0.3, -0.25) is 4.98 Å². The maximum absolute atomic E-state index is 5.67. The van der Waals surface area contributed by atoms with Gasteiger partial charge in [0.2, 0.25) is 0 Å². The second kappa shape index (κ2) is 19.4. The maximum Gasteiger partial charge on any atom is 0.0678 e. The Kier molecular flexibility index (Phi) is 15.3. The fourth-order valence-electron chi connectivity index (χ4n) is 16.7. The Morgan fingerprint density at radius 2 is 0.727 bits per heavy atom. The van der Waals surface area contributed by atoms with Crippen LogP contribution in [0.2, 0.25) is 0 Å². The molecule has 4 aliphatic rings. The molecular weight excluding hydrogens is 833 g/mol. The van der Waals surface area contributed by atoms with Crippen LogP contribution in [0.4, 0.5) is 0 Å². The van der Waals surface area contributed by atoms with E-state index in [1.165, 1.54) is 148 Å². The lowest BCUT2D eigenvalue weighted by Crippen LogP contribution is -2.33. The molecule has 364 valence electrons. The second-order valence-electron chi connectivity index (χ2n) is 22.9. The smallest absolute Gasteiger partial charge is 0.0678 e. The predicted molar refractivity (Wildman–Crippen MR) is 297 cm³/mol. The minimum absolute atomic E-state index is 0.231. The zero-order valence-electron chi connectivity index (χ0n) is 45.7. The molecule has 0 spiro atoms. The molecule has 7 rings (SSSR count). The average Bonchev–Trinajstić information content (AvgIpc) is 4.05. The van der Waals surface area contributed by atoms with E-state index in [1.807, 2.05) is 11.1 Å². The van der Waals surface area contributed by atoms with Crippen LogP contribution in [0, 0.1) is 0 Å². The molecule has 3 aromatic rings. The monoisotopic (exact) mass is 930 g/mol. The number of hydrogen-bond acceptors (Lipinski definition) is 1. The zero-order valence-corrected chi connectivity index (χ0v) is 47.6. The van der Waals surface area contributed by atoms with E-state index in [2.05, 4.69) is 147 Å². The second-order valence-corrected chi connectivity index (χ2v) is 25.1. The van der Waals surface area contributed by atoms with Crippen molar-refractivity contribution < 1.29 is 0 Å². The van der Waals surface area contributed by atoms with Crippen LogP contribution in [0.15, 0.2) is 30.3 Å². The maximum atomic E-state index is 5.67. The summed E-state index contributed by atoms with van der Waals surface area (Å²) in [4.78, 5) is 5.67. The Hall–Kier alpha value is -1.81. The highest BCUT2D eigenvalue weighted by molar-refractivity contribution is 7.48. The zero-order chi connectivity index (χ0) is 48.1. The summed E-state index contributed by atoms with van der Waals surface area (Å²) in [5, 5.41) is 3.49. The van der Waals surface area contributed by atoms with Crippen LogP contribution in [-0.2, 0) is 49.5 Å². The lowest BCUT2D eigenvalue weighted by molar-refractivity contribution is 0.279. The van der Waals surface area contributed by atoms with E-state index in [0.29, 0.717) is 0 Å². The van der Waals surface area contributed by atoms with Gasteiger partial charge in [0.15, 0.2) is 0 Å². The quantitative estimate of drug-likeness (QED) is 0.0970. The molecule has 0 radical (unpaired) electrons. The largest absolute Gasteiger partial charge is 0.253 e. The molecular formula is C63H97NP2. The predicted octanol–water partition coefficient (Wildman–Crippen LogP) is 18.1. The third-order valence-corrected chi connectivity index (χ3v) is 24.7. The molecule has 1 aromatic heterocycles. The number of hydrogen-bond donors (Lipinski definition) is 0. The molecule has 0 fully saturated rings. The first-order valence-corrected chi connectivity index (χ1v) is 30.5. The summed E-state index contributed by atoms with van der Waals surface area (Å²) in [5.74, 6) is 2.56. The Labute approximate surface area is 411 Å². The van der Waals surface area contributed by atoms with Gasteiger partial charge in [0.05, 0.1) is 5.69 Å². The number of pyridine rings is 1. The van der Waals surface area contributed by atoms with Crippen LogP contribution in [0.1, 0.15) is 295 Å². The first-order valence-electron chi connectivity index (χ1n) is 28.4. The van der Waals surface area contributed by atoms with Gasteiger partial charge in [0, 0.05) is 17.2 Å². The van der Waals surface area contributed by atoms with Gasteiger partial charge in [-0.05, 0) is 239 Å². The van der Waals surface area contributed by atoms with Gasteiger partial charge in [-0.2, -0.15) is 0 Å². The topological polar surface area (TPSA) is 12.9 Å². The van der Waals surface area contributed by atoms with Gasteiger partial charge in [0.1, 0.15) is 0 Å². The van der Waals surface area contributed by atoms with Crippen molar-refractivity contribution in [2.24, 2.45) is 0 Å². The lowest BCUT2D eigenvalue weighted by Gasteiger charge is -2.36. The average molecular weight is 930 g/mol. The van der Waals surface area contributed by atoms with Gasteiger partial charge < -0.3 is 0 Å². The molecule has 1 unspecified atom stereocenters. The molecule has 1 nitrogen and oxygen atoms in total. The molecule has 1 atom stereocenters. The van der Waals surface area contributed by atoms with Crippen molar-refractivity contribution in [3.63, 3.8) is 0 Å². The lowest BCUT2D eigenvalue weighted by atomic mass is 9.70. The van der Waals surface area contributed by atoms with Gasteiger partial charge in [-0.25, -0.2) is 0 Å². The van der Waals surface area contributed by atoms with Crippen LogP contribution in [-0.4, -0.2) is 10.8 Å². The van der Waals surface area contributed by atoms with E-state index in [-0.39, 0.29) is 43.3 Å². The summed E-state index contributed by atoms with van der Waals surface area (Å²) in [6, 6.07) is 12.8. The van der Waals surface area contributed by atoms with Crippen LogP contribution < -0.4 is 10.6 Å². The van der Waals surface area contributed by atoms with Crippen molar-refractivity contribution >= 4 is 33.2 Å². The number of rotatable bonds is 21. The number of benzene rings is 2. The number of aromatic nitrogens is 1. The molecule has 0 N–H and O–H groups in total. The SMILES string of the molecule is CCC1(CC)CC(CC)(CC)c2c1cc1c(c2P=Cc2cccc(CPc3c4c(cc5c3C(CC)(CC)CC5(CC)CC)C(CC)(CC)CC4(CC)CC)n2)C(CC)(CC)CC1(CC)CC. The highest BCUT2D eigenvalue weighted by Crippen LogP contribution is 2.65. The normalized spacial score (nSPS) is 21.8. The van der Waals surface area contributed by atoms with Crippen molar-refractivity contribution in [3.8, 4) is 0 Å². The van der Waals surface area contributed by atoms with E-state index in [4.69, 9.17) is 4.98 Å². The summed E-state index contributed by atoms with van der Waals surface area (Å²) < 4.78 is 0. The van der Waals surface area contributed by atoms with E-state index in [0.717, 1.165) is 14.7 Å². The summed E-state index contributed by atoms with van der Waals surface area (Å²) in [6.45, 7) is 40.1. The first-order chi connectivity index (χ1) is 31.7. The van der Waals surface area contributed by atoms with Crippen LogP contribution in [0.3, 0.4) is 0 Å². The van der Waals surface area contributed by atoms with Crippen molar-refractivity contribution in [2.75, 3.05) is 0 Å². The van der Waals surface area contributed by atoms with Gasteiger partial charge in [0.25, 0.3) is 0 Å². The Morgan fingerprint density at radius 1 is 0.424 bits per heavy atom. The molecule has 0 saturated carbocycles. The fraction of sp³-hybridized carbons (Fsp3) is 0.714. The summed E-state index contributed by atoms with van der Waals surface area (Å²) >= 11 is 0. The van der Waals surface area contributed by atoms with Crippen molar-refractivity contribution in [2.45, 2.75) is 289 Å². The Morgan fingerprint density at radius 3 is 1.05 bits per heavy atom. The molecule has 0 saturated heterocycles. The van der Waals surface area contributed by atoms with Crippen molar-refractivity contribution in [1.82, 2.24) is 4.98 Å². The molecule has 0 amide bonds. The van der Waals surface area contributed by atoms with E-state index >= 15 is 0 Å². The third kappa shape index (κ3) is 7.33. The summed E-state index contributed by atoms with van der Waals surface area (Å²) in [5.41, 5.74) is 18.7. The minimum Gasteiger partial charge on any atom is -0.253 e. The Balaban J connectivity index is 1.41. The molecule has 66 heavy (non-hydrogen) atoms. The standard InChI is InChI=1S/C63H97NP2/c1-17-56(18-2)40-60(25-9,26-10)50-46(56)36-47-51(61(27-11,28-12)41-57(47,19-3)20-4)54(50)65-38-44-34-33-35-45(64-44)39-66-55-52-48(58(21-5,22-6)42-62(52,29-13)30-14)37-49-53(55)63(31-15,32-16)43-59(49,23-7)24-8/h33-38,66H,17-32,39-43H2,1-16H3. The third-order valence-electron chi connectivity index (χ3n) is 22.2. The fourth-order valence-corrected chi connectivity index (χ4v) is 19.8. The van der Waals surface area contributed by atoms with E-state index in [9.17, 15) is 0 Å². The van der Waals surface area contributed by atoms with Crippen LogP contribution in [0.25, 0.3) is 0 Å². The van der Waals surface area contributed by atoms with E-state index < -0.39 is 0 Å². The highest BCUT2D eigenvalue weighted by atomic mass is 31.1. The molecule has 3 heteroatoms. The number of nitrogens with zero attached hydrogens (tertiary/aromatic N) is 1. The molecule has 0 aliphatic heterocycles. The van der Waals surface area contributed by atoms with Crippen LogP contribution >= 0.6 is 16.8 Å². The summed E-state index contributed by atoms with van der Waals surface area (Å²) in [6.07, 6.45) is 26.1. The molecule has 0 bridgehead atoms. The molecule has 4 aliphatic carbocycles. The van der Waals surface area contributed by atoms with E-state index in [1.54, 1.807) is 44.0 Å². The molecule has 2 aromatic carbocycles. The van der Waals surface area contributed by atoms with Crippen LogP contribution in [0.5, 0.6) is 0 Å². The van der Waals surface area contributed by atoms with Crippen molar-refractivity contribution in [3.05, 3.63) is 86.2 Å². The van der Waals surface area contributed by atoms with Gasteiger partial charge >= 0.3 is 0 Å². The highest BCUT2D eigenvalue weighted by Gasteiger charge is 2.58. The van der Waals surface area contributed by atoms with Crippen molar-refractivity contribution in [1.29, 1.82) is 0 Å². The first kappa shape index (κ1) is 52.0. The number of fused-ring (bicyclic) bond motifs is 4. The Bertz CT molecular complexity index is 2100.